The molecule has 49 heavy (non-hydrogen) atoms. The predicted molar refractivity (Wildman–Crippen MR) is 191 cm³/mol. The van der Waals surface area contributed by atoms with E-state index in [0.29, 0.717) is 35.8 Å². The van der Waals surface area contributed by atoms with Gasteiger partial charge in [-0.3, -0.25) is 0 Å². The summed E-state index contributed by atoms with van der Waals surface area (Å²) in [6, 6.07) is 11.1. The van der Waals surface area contributed by atoms with E-state index in [4.69, 9.17) is 4.43 Å². The van der Waals surface area contributed by atoms with Crippen molar-refractivity contribution in [3.63, 3.8) is 0 Å². The molecule has 0 aromatic heterocycles. The standard InChI is InChI=1S/C38H56F4N4O2Si/c1-26(2)49(27(3)4,28(5)6)48-25-29-9-11-30(12-10-29)37-16-15-35(33(37)24-37)46(18-8-17-45-21-19-44(7)20-22-45)36(47)43-31-13-14-34(39)32(23-31)38(40,41)42/h9-14,23,26-28,33,35H,8,15-22,24-25H2,1-7H3,(H,43,47)/t33-,35-,37-/m1/s1. The Morgan fingerprint density at radius 2 is 1.63 bits per heavy atom. The van der Waals surface area contributed by atoms with Gasteiger partial charge in [0.1, 0.15) is 5.82 Å². The lowest BCUT2D eigenvalue weighted by Gasteiger charge is -2.42. The maximum absolute atomic E-state index is 14.0. The molecule has 11 heteroatoms. The average molecular weight is 705 g/mol. The molecule has 0 radical (unpaired) electrons. The molecule has 1 N–H and O–H groups in total. The number of nitrogens with zero attached hydrogens (tertiary/aromatic N) is 3. The van der Waals surface area contributed by atoms with Crippen LogP contribution >= 0.6 is 0 Å². The summed E-state index contributed by atoms with van der Waals surface area (Å²) in [6.07, 6.45) is -1.31. The number of rotatable bonds is 13. The maximum atomic E-state index is 14.0. The summed E-state index contributed by atoms with van der Waals surface area (Å²) < 4.78 is 61.2. The fraction of sp³-hybridized carbons (Fsp3) is 0.658. The summed E-state index contributed by atoms with van der Waals surface area (Å²) in [5.74, 6) is -1.07. The number of carbonyl (C=O) groups excluding carboxylic acids is 1. The lowest BCUT2D eigenvalue weighted by Crippen LogP contribution is -2.47. The third kappa shape index (κ3) is 8.05. The number of alkyl halides is 3. The summed E-state index contributed by atoms with van der Waals surface area (Å²) in [6.45, 7) is 19.7. The molecule has 1 aliphatic heterocycles. The third-order valence-electron chi connectivity index (χ3n) is 11.9. The van der Waals surface area contributed by atoms with E-state index < -0.39 is 31.9 Å². The van der Waals surface area contributed by atoms with Gasteiger partial charge in [0, 0.05) is 49.9 Å². The van der Waals surface area contributed by atoms with Crippen molar-refractivity contribution in [3.8, 4) is 0 Å². The molecule has 1 saturated heterocycles. The van der Waals surface area contributed by atoms with Crippen molar-refractivity contribution in [2.75, 3.05) is 51.6 Å². The van der Waals surface area contributed by atoms with Gasteiger partial charge >= 0.3 is 12.2 Å². The van der Waals surface area contributed by atoms with E-state index in [-0.39, 0.29) is 23.1 Å². The van der Waals surface area contributed by atoms with Crippen molar-refractivity contribution in [1.29, 1.82) is 0 Å². The lowest BCUT2D eigenvalue weighted by molar-refractivity contribution is -0.139. The summed E-state index contributed by atoms with van der Waals surface area (Å²) in [4.78, 5) is 20.4. The Morgan fingerprint density at radius 3 is 2.20 bits per heavy atom. The normalized spacial score (nSPS) is 23.4. The quantitative estimate of drug-likeness (QED) is 0.167. The molecule has 2 aliphatic carbocycles. The number of piperazine rings is 1. The molecule has 272 valence electrons. The van der Waals surface area contributed by atoms with Gasteiger partial charge < -0.3 is 24.4 Å². The average Bonchev–Trinajstić information content (AvgIpc) is 3.66. The Morgan fingerprint density at radius 1 is 1.00 bits per heavy atom. The predicted octanol–water partition coefficient (Wildman–Crippen LogP) is 9.13. The summed E-state index contributed by atoms with van der Waals surface area (Å²) in [5.41, 5.74) is 2.59. The Labute approximate surface area is 291 Å². The molecule has 2 aromatic rings. The van der Waals surface area contributed by atoms with Gasteiger partial charge in [-0.1, -0.05) is 65.8 Å². The van der Waals surface area contributed by atoms with Gasteiger partial charge in [0.05, 0.1) is 12.2 Å². The molecular formula is C38H56F4N4O2Si. The fourth-order valence-corrected chi connectivity index (χ4v) is 14.6. The van der Waals surface area contributed by atoms with E-state index in [9.17, 15) is 22.4 Å². The number of amides is 2. The van der Waals surface area contributed by atoms with E-state index in [1.165, 1.54) is 17.2 Å². The molecule has 6 nitrogen and oxygen atoms in total. The first-order valence-corrected chi connectivity index (χ1v) is 20.3. The summed E-state index contributed by atoms with van der Waals surface area (Å²) >= 11 is 0. The minimum Gasteiger partial charge on any atom is -0.412 e. The number of nitrogens with one attached hydrogen (secondary N) is 1. The number of hydrogen-bond donors (Lipinski definition) is 1. The molecular weight excluding hydrogens is 649 g/mol. The second-order valence-electron chi connectivity index (χ2n) is 15.7. The van der Waals surface area contributed by atoms with Crippen LogP contribution in [0.5, 0.6) is 0 Å². The monoisotopic (exact) mass is 704 g/mol. The highest BCUT2D eigenvalue weighted by molar-refractivity contribution is 6.77. The minimum atomic E-state index is -4.85. The fourth-order valence-electron chi connectivity index (χ4n) is 9.19. The molecule has 0 spiro atoms. The van der Waals surface area contributed by atoms with Crippen molar-refractivity contribution in [1.82, 2.24) is 14.7 Å². The van der Waals surface area contributed by atoms with Crippen LogP contribution in [-0.2, 0) is 22.6 Å². The zero-order valence-electron chi connectivity index (χ0n) is 30.4. The highest BCUT2D eigenvalue weighted by Gasteiger charge is 2.64. The van der Waals surface area contributed by atoms with Crippen LogP contribution in [0.15, 0.2) is 42.5 Å². The van der Waals surface area contributed by atoms with E-state index >= 15 is 0 Å². The largest absolute Gasteiger partial charge is 0.419 e. The van der Waals surface area contributed by atoms with Crippen molar-refractivity contribution >= 4 is 20.0 Å². The van der Waals surface area contributed by atoms with Gasteiger partial charge in [-0.2, -0.15) is 13.2 Å². The number of carbonyl (C=O) groups is 1. The number of hydrogen-bond acceptors (Lipinski definition) is 4. The van der Waals surface area contributed by atoms with Crippen LogP contribution in [0.3, 0.4) is 0 Å². The number of anilines is 1. The molecule has 0 unspecified atom stereocenters. The van der Waals surface area contributed by atoms with Crippen molar-refractivity contribution in [2.45, 2.75) is 108 Å². The lowest BCUT2D eigenvalue weighted by atomic mass is 9.93. The number of fused-ring (bicyclic) bond motifs is 1. The Kier molecular flexibility index (Phi) is 11.6. The van der Waals surface area contributed by atoms with Gasteiger partial charge in [-0.15, -0.1) is 0 Å². The van der Waals surface area contributed by atoms with Gasteiger partial charge in [0.2, 0.25) is 8.32 Å². The van der Waals surface area contributed by atoms with Crippen LogP contribution in [0.25, 0.3) is 0 Å². The van der Waals surface area contributed by atoms with Crippen LogP contribution in [-0.4, -0.2) is 81.4 Å². The highest BCUT2D eigenvalue weighted by atomic mass is 28.4. The summed E-state index contributed by atoms with van der Waals surface area (Å²) in [7, 11) is 0.135. The molecule has 2 saturated carbocycles. The van der Waals surface area contributed by atoms with Crippen molar-refractivity contribution in [3.05, 3.63) is 65.0 Å². The van der Waals surface area contributed by atoms with Crippen molar-refractivity contribution < 1.29 is 26.8 Å². The van der Waals surface area contributed by atoms with Crippen molar-refractivity contribution in [2.24, 2.45) is 5.92 Å². The zero-order chi connectivity index (χ0) is 35.7. The van der Waals surface area contributed by atoms with Crippen LogP contribution in [0, 0.1) is 11.7 Å². The second-order valence-corrected chi connectivity index (χ2v) is 21.2. The van der Waals surface area contributed by atoms with E-state index in [2.05, 4.69) is 88.0 Å². The first-order valence-electron chi connectivity index (χ1n) is 18.2. The second kappa shape index (κ2) is 15.0. The number of halogens is 4. The molecule has 1 heterocycles. The van der Waals surface area contributed by atoms with Gasteiger partial charge in [-0.25, -0.2) is 9.18 Å². The first-order chi connectivity index (χ1) is 23.1. The molecule has 5 rings (SSSR count). The molecule has 3 atom stereocenters. The summed E-state index contributed by atoms with van der Waals surface area (Å²) in [5, 5.41) is 2.69. The van der Waals surface area contributed by atoms with Crippen LogP contribution in [0.4, 0.5) is 28.0 Å². The smallest absolute Gasteiger partial charge is 0.412 e. The van der Waals surface area contributed by atoms with E-state index in [0.717, 1.165) is 64.5 Å². The van der Waals surface area contributed by atoms with Crippen LogP contribution < -0.4 is 5.32 Å². The highest BCUT2D eigenvalue weighted by Crippen LogP contribution is 2.65. The number of urea groups is 1. The minimum absolute atomic E-state index is 0.00563. The van der Waals surface area contributed by atoms with E-state index in [1.807, 2.05) is 4.90 Å². The van der Waals surface area contributed by atoms with E-state index in [1.54, 1.807) is 0 Å². The first kappa shape index (κ1) is 37.8. The van der Waals surface area contributed by atoms with Gasteiger partial charge in [0.15, 0.2) is 0 Å². The Balaban J connectivity index is 1.29. The molecule has 2 amide bonds. The van der Waals surface area contributed by atoms with Gasteiger partial charge in [0.25, 0.3) is 0 Å². The number of benzene rings is 2. The zero-order valence-corrected chi connectivity index (χ0v) is 31.4. The third-order valence-corrected chi connectivity index (χ3v) is 17.9. The molecule has 3 fully saturated rings. The van der Waals surface area contributed by atoms with Crippen LogP contribution in [0.1, 0.15) is 83.9 Å². The van der Waals surface area contributed by atoms with Gasteiger partial charge in [-0.05, 0) is 91.1 Å². The molecule has 2 aromatic carbocycles. The SMILES string of the molecule is CC(C)[Si](OCc1ccc([C@]23CC[C@@H](N(CCCN4CCN(C)CC4)C(=O)Nc4ccc(F)c(C(F)(F)F)c4)[C@H]2C3)cc1)(C(C)C)C(C)C. The Bertz CT molecular complexity index is 1410. The molecule has 3 aliphatic rings. The Hall–Kier alpha value is -2.47. The number of likely N-dealkylation sites (N-methyl/N-ethyl adjacent to an activating group) is 1. The maximum Gasteiger partial charge on any atom is 0.419 e. The molecule has 0 bridgehead atoms. The van der Waals surface area contributed by atoms with Crippen LogP contribution in [0.2, 0.25) is 16.6 Å². The topological polar surface area (TPSA) is 48.1 Å².